The molecule has 2 aliphatic rings. The first kappa shape index (κ1) is 18.3. The predicted octanol–water partition coefficient (Wildman–Crippen LogP) is 4.33. The predicted molar refractivity (Wildman–Crippen MR) is 89.2 cm³/mol. The summed E-state index contributed by atoms with van der Waals surface area (Å²) in [7, 11) is 0. The number of likely N-dealkylation sites (tertiary alicyclic amines) is 1. The summed E-state index contributed by atoms with van der Waals surface area (Å²) < 4.78 is 39.0. The molecule has 25 heavy (non-hydrogen) atoms. The molecule has 1 aromatic carbocycles. The number of piperidine rings is 1. The van der Waals surface area contributed by atoms with Crippen molar-refractivity contribution in [2.24, 2.45) is 0 Å². The van der Waals surface area contributed by atoms with Gasteiger partial charge in [-0.2, -0.15) is 13.2 Å². The summed E-state index contributed by atoms with van der Waals surface area (Å²) in [4.78, 5) is 14.8. The highest BCUT2D eigenvalue weighted by atomic mass is 35.5. The second-order valence-corrected chi connectivity index (χ2v) is 6.97. The van der Waals surface area contributed by atoms with E-state index < -0.39 is 27.4 Å². The fourth-order valence-electron chi connectivity index (χ4n) is 3.75. The minimum atomic E-state index is -4.72. The Morgan fingerprint density at radius 2 is 1.84 bits per heavy atom. The monoisotopic (exact) mass is 377 g/mol. The van der Waals surface area contributed by atoms with E-state index in [0.29, 0.717) is 19.2 Å². The Labute approximate surface area is 148 Å². The molecule has 0 aliphatic carbocycles. The van der Waals surface area contributed by atoms with Crippen LogP contribution in [0.15, 0.2) is 12.1 Å². The lowest BCUT2D eigenvalue weighted by Crippen LogP contribution is -2.47. The number of hydrogen-bond acceptors (Lipinski definition) is 4. The standard InChI is InChI=1S/C16H19ClF3N3O2/c17-13-9-14(15(23(24)25)8-12(13)16(18,19)20)22-7-3-4-11(10-22)21-5-1-2-6-21/h8-9,11H,1-7,10H2/t11-/m0/s1. The number of nitro benzene ring substituents is 1. The zero-order chi connectivity index (χ0) is 18.2. The summed E-state index contributed by atoms with van der Waals surface area (Å²) in [5, 5.41) is 10.8. The fraction of sp³-hybridized carbons (Fsp3) is 0.625. The third-order valence-corrected chi connectivity index (χ3v) is 5.27. The largest absolute Gasteiger partial charge is 0.418 e. The van der Waals surface area contributed by atoms with E-state index in [-0.39, 0.29) is 11.7 Å². The van der Waals surface area contributed by atoms with Crippen LogP contribution in [-0.2, 0) is 6.18 Å². The maximum absolute atomic E-state index is 13.0. The second kappa shape index (κ2) is 6.99. The number of alkyl halides is 3. The molecule has 2 saturated heterocycles. The van der Waals surface area contributed by atoms with E-state index in [4.69, 9.17) is 11.6 Å². The normalized spacial score (nSPS) is 22.4. The molecule has 0 aromatic heterocycles. The van der Waals surface area contributed by atoms with Crippen LogP contribution in [0.25, 0.3) is 0 Å². The lowest BCUT2D eigenvalue weighted by atomic mass is 10.0. The molecule has 0 saturated carbocycles. The molecule has 9 heteroatoms. The van der Waals surface area contributed by atoms with Gasteiger partial charge in [-0.05, 0) is 44.8 Å². The lowest BCUT2D eigenvalue weighted by molar-refractivity contribution is -0.384. The molecular weight excluding hydrogens is 359 g/mol. The first-order chi connectivity index (χ1) is 11.8. The average Bonchev–Trinajstić information content (AvgIpc) is 3.07. The van der Waals surface area contributed by atoms with Gasteiger partial charge in [0.25, 0.3) is 5.69 Å². The van der Waals surface area contributed by atoms with Gasteiger partial charge in [-0.1, -0.05) is 11.6 Å². The second-order valence-electron chi connectivity index (χ2n) is 6.56. The number of hydrogen-bond donors (Lipinski definition) is 0. The molecule has 2 heterocycles. The van der Waals surface area contributed by atoms with E-state index in [1.807, 2.05) is 0 Å². The molecular formula is C16H19ClF3N3O2. The molecule has 0 radical (unpaired) electrons. The first-order valence-corrected chi connectivity index (χ1v) is 8.69. The summed E-state index contributed by atoms with van der Waals surface area (Å²) in [5.74, 6) is 0. The molecule has 5 nitrogen and oxygen atoms in total. The Morgan fingerprint density at radius 1 is 1.16 bits per heavy atom. The van der Waals surface area contributed by atoms with Gasteiger partial charge in [0.15, 0.2) is 0 Å². The van der Waals surface area contributed by atoms with Crippen LogP contribution in [0, 0.1) is 10.1 Å². The van der Waals surface area contributed by atoms with Crippen molar-refractivity contribution >= 4 is 23.0 Å². The van der Waals surface area contributed by atoms with Crippen LogP contribution in [0.5, 0.6) is 0 Å². The van der Waals surface area contributed by atoms with Crippen LogP contribution in [0.3, 0.4) is 0 Å². The van der Waals surface area contributed by atoms with Crippen LogP contribution in [0.2, 0.25) is 5.02 Å². The van der Waals surface area contributed by atoms with Crippen molar-refractivity contribution in [1.29, 1.82) is 0 Å². The maximum atomic E-state index is 13.0. The number of nitrogens with zero attached hydrogens (tertiary/aromatic N) is 3. The molecule has 0 amide bonds. The van der Waals surface area contributed by atoms with Crippen LogP contribution in [0.1, 0.15) is 31.2 Å². The lowest BCUT2D eigenvalue weighted by Gasteiger charge is -2.38. The van der Waals surface area contributed by atoms with Gasteiger partial charge in [0.05, 0.1) is 15.5 Å². The zero-order valence-electron chi connectivity index (χ0n) is 13.6. The third-order valence-electron chi connectivity index (χ3n) is 4.96. The zero-order valence-corrected chi connectivity index (χ0v) is 14.3. The number of rotatable bonds is 3. The van der Waals surface area contributed by atoms with Gasteiger partial charge < -0.3 is 4.90 Å². The van der Waals surface area contributed by atoms with Crippen molar-refractivity contribution in [3.8, 4) is 0 Å². The Morgan fingerprint density at radius 3 is 2.44 bits per heavy atom. The molecule has 0 bridgehead atoms. The molecule has 2 fully saturated rings. The fourth-order valence-corrected chi connectivity index (χ4v) is 4.01. The molecule has 2 aliphatic heterocycles. The van der Waals surface area contributed by atoms with E-state index in [2.05, 4.69) is 4.90 Å². The van der Waals surface area contributed by atoms with Crippen molar-refractivity contribution < 1.29 is 18.1 Å². The Balaban J connectivity index is 1.92. The quantitative estimate of drug-likeness (QED) is 0.581. The molecule has 0 N–H and O–H groups in total. The van der Waals surface area contributed by atoms with Crippen molar-refractivity contribution in [3.05, 3.63) is 32.8 Å². The minimum absolute atomic E-state index is 0.173. The van der Waals surface area contributed by atoms with E-state index in [1.165, 1.54) is 0 Å². The third kappa shape index (κ3) is 3.84. The molecule has 3 rings (SSSR count). The summed E-state index contributed by atoms with van der Waals surface area (Å²) in [6.07, 6.45) is -0.596. The van der Waals surface area contributed by atoms with Crippen molar-refractivity contribution in [3.63, 3.8) is 0 Å². The molecule has 0 unspecified atom stereocenters. The molecule has 0 spiro atoms. The summed E-state index contributed by atoms with van der Waals surface area (Å²) >= 11 is 5.79. The molecule has 1 atom stereocenters. The Kier molecular flexibility index (Phi) is 5.11. The number of nitro groups is 1. The van der Waals surface area contributed by atoms with Crippen LogP contribution >= 0.6 is 11.6 Å². The van der Waals surface area contributed by atoms with Crippen molar-refractivity contribution in [2.75, 3.05) is 31.1 Å². The van der Waals surface area contributed by atoms with Gasteiger partial charge in [-0.3, -0.25) is 15.0 Å². The van der Waals surface area contributed by atoms with Crippen LogP contribution < -0.4 is 4.90 Å². The summed E-state index contributed by atoms with van der Waals surface area (Å²) in [5.41, 5.74) is -1.54. The Bertz CT molecular complexity index is 663. The van der Waals surface area contributed by atoms with E-state index >= 15 is 0 Å². The number of anilines is 1. The van der Waals surface area contributed by atoms with E-state index in [1.54, 1.807) is 4.90 Å². The van der Waals surface area contributed by atoms with Gasteiger partial charge >= 0.3 is 6.18 Å². The smallest absolute Gasteiger partial charge is 0.364 e. The summed E-state index contributed by atoms with van der Waals surface area (Å²) in [6, 6.07) is 1.92. The van der Waals surface area contributed by atoms with E-state index in [9.17, 15) is 23.3 Å². The van der Waals surface area contributed by atoms with Gasteiger partial charge in [0.1, 0.15) is 5.69 Å². The van der Waals surface area contributed by atoms with Gasteiger partial charge in [-0.25, -0.2) is 0 Å². The number of benzene rings is 1. The Hall–Kier alpha value is -1.54. The van der Waals surface area contributed by atoms with Gasteiger partial charge in [0.2, 0.25) is 0 Å². The first-order valence-electron chi connectivity index (χ1n) is 8.31. The van der Waals surface area contributed by atoms with Gasteiger partial charge in [-0.15, -0.1) is 0 Å². The van der Waals surface area contributed by atoms with E-state index in [0.717, 1.165) is 44.8 Å². The molecule has 138 valence electrons. The highest BCUT2D eigenvalue weighted by Gasteiger charge is 2.37. The van der Waals surface area contributed by atoms with Crippen molar-refractivity contribution in [2.45, 2.75) is 37.9 Å². The highest BCUT2D eigenvalue weighted by Crippen LogP contribution is 2.42. The number of halogens is 4. The maximum Gasteiger partial charge on any atom is 0.418 e. The topological polar surface area (TPSA) is 49.6 Å². The minimum Gasteiger partial charge on any atom is -0.364 e. The molecule has 1 aromatic rings. The summed E-state index contributed by atoms with van der Waals surface area (Å²) in [6.45, 7) is 3.16. The van der Waals surface area contributed by atoms with Crippen LogP contribution in [0.4, 0.5) is 24.5 Å². The average molecular weight is 378 g/mol. The SMILES string of the molecule is O=[N+]([O-])c1cc(C(F)(F)F)c(Cl)cc1N1CCC[C@H](N2CCCC2)C1. The van der Waals surface area contributed by atoms with Crippen molar-refractivity contribution in [1.82, 2.24) is 4.90 Å². The van der Waals surface area contributed by atoms with Gasteiger partial charge in [0, 0.05) is 25.2 Å². The van der Waals surface area contributed by atoms with Crippen LogP contribution in [-0.4, -0.2) is 42.0 Å². The highest BCUT2D eigenvalue weighted by molar-refractivity contribution is 6.31.